The first-order valence-electron chi connectivity index (χ1n) is 9.65. The molecule has 0 radical (unpaired) electrons. The maximum absolute atomic E-state index is 2.57. The summed E-state index contributed by atoms with van der Waals surface area (Å²) in [7, 11) is 0. The standard InChI is InChI=1S/C24H23.2ClH.Zr/c1-3-15-9-10-16(4-2)24(15)23-14-22-18-8-6-5-7-17(18)13-21(22)19-11-12-20(19)23;;;/h5-10,13-15H,3-4,11-12H2,1-2H3;2*1H;/q;;;+2/p-2. The zero-order valence-corrected chi connectivity index (χ0v) is 19.8. The van der Waals surface area contributed by atoms with Crippen molar-refractivity contribution in [3.8, 4) is 11.1 Å². The summed E-state index contributed by atoms with van der Waals surface area (Å²) in [5.41, 5.74) is 14.4. The Morgan fingerprint density at radius 2 is 1.70 bits per heavy atom. The minimum Gasteiger partial charge on any atom is -1.00 e. The zero-order valence-electron chi connectivity index (χ0n) is 15.8. The third kappa shape index (κ3) is 2.97. The van der Waals surface area contributed by atoms with E-state index >= 15 is 0 Å². The molecule has 0 saturated carbocycles. The molecule has 0 saturated heterocycles. The van der Waals surface area contributed by atoms with Crippen LogP contribution in [0.5, 0.6) is 0 Å². The van der Waals surface area contributed by atoms with Crippen LogP contribution in [0.1, 0.15) is 58.1 Å². The van der Waals surface area contributed by atoms with Crippen LogP contribution in [0.2, 0.25) is 0 Å². The second-order valence-corrected chi connectivity index (χ2v) is 8.95. The maximum atomic E-state index is 2.57. The van der Waals surface area contributed by atoms with Crippen molar-refractivity contribution in [3.05, 3.63) is 75.9 Å². The minimum atomic E-state index is 0. The molecule has 3 aliphatic carbocycles. The van der Waals surface area contributed by atoms with Crippen molar-refractivity contribution in [2.45, 2.75) is 43.2 Å². The minimum absolute atomic E-state index is 0. The van der Waals surface area contributed by atoms with Crippen LogP contribution in [0.15, 0.2) is 48.1 Å². The molecule has 5 rings (SSSR count). The Bertz CT molecular complexity index is 955. The molecule has 2 atom stereocenters. The maximum Gasteiger partial charge on any atom is -1.00 e. The molecule has 0 aliphatic heterocycles. The Kier molecular flexibility index (Phi) is 6.27. The van der Waals surface area contributed by atoms with Crippen LogP contribution in [0.3, 0.4) is 0 Å². The van der Waals surface area contributed by atoms with Gasteiger partial charge in [-0.25, -0.2) is 0 Å². The average molecular weight is 474 g/mol. The molecule has 0 aromatic heterocycles. The van der Waals surface area contributed by atoms with Gasteiger partial charge in [0.05, 0.1) is 0 Å². The van der Waals surface area contributed by atoms with E-state index in [1.165, 1.54) is 30.4 Å². The van der Waals surface area contributed by atoms with Crippen LogP contribution in [-0.4, -0.2) is 0 Å². The monoisotopic (exact) mass is 471 g/mol. The average Bonchev–Trinajstić information content (AvgIpc) is 3.14. The van der Waals surface area contributed by atoms with Crippen LogP contribution >= 0.6 is 0 Å². The number of rotatable bonds is 3. The summed E-state index contributed by atoms with van der Waals surface area (Å²) in [5.74, 6) is 0.609. The first-order valence-corrected chi connectivity index (χ1v) is 11.1. The predicted molar refractivity (Wildman–Crippen MR) is 101 cm³/mol. The molecule has 3 aliphatic rings. The van der Waals surface area contributed by atoms with Gasteiger partial charge in [-0.05, 0) is 0 Å². The van der Waals surface area contributed by atoms with E-state index in [1.807, 2.05) is 0 Å². The van der Waals surface area contributed by atoms with E-state index < -0.39 is 0 Å². The van der Waals surface area contributed by atoms with Gasteiger partial charge in [-0.1, -0.05) is 0 Å². The third-order valence-electron chi connectivity index (χ3n) is 6.43. The number of halogens is 2. The van der Waals surface area contributed by atoms with Gasteiger partial charge in [0, 0.05) is 0 Å². The Morgan fingerprint density at radius 1 is 0.963 bits per heavy atom. The molecule has 2 unspecified atom stereocenters. The first-order chi connectivity index (χ1) is 12.2. The van der Waals surface area contributed by atoms with Crippen LogP contribution in [0.25, 0.3) is 16.7 Å². The van der Waals surface area contributed by atoms with Gasteiger partial charge in [0.25, 0.3) is 0 Å². The molecule has 137 valence electrons. The van der Waals surface area contributed by atoms with E-state index in [2.05, 4.69) is 56.3 Å². The SMILES string of the molecule is CCC1=C(c2cc3c(c4c2CC4)[CH]([Zr+2])c2ccccc2-3)C(CC)C=C1.[Cl-].[Cl-]. The molecule has 0 nitrogen and oxygen atoms in total. The molecule has 0 fully saturated rings. The van der Waals surface area contributed by atoms with E-state index in [0.717, 1.165) is 6.42 Å². The Morgan fingerprint density at radius 3 is 2.37 bits per heavy atom. The summed E-state index contributed by atoms with van der Waals surface area (Å²) in [4.78, 5) is 0. The third-order valence-corrected chi connectivity index (χ3v) is 7.90. The van der Waals surface area contributed by atoms with Gasteiger partial charge in [0.15, 0.2) is 0 Å². The van der Waals surface area contributed by atoms with E-state index in [-0.39, 0.29) is 24.8 Å². The van der Waals surface area contributed by atoms with Gasteiger partial charge in [0.1, 0.15) is 0 Å². The summed E-state index contributed by atoms with van der Waals surface area (Å²) in [6, 6.07) is 11.7. The number of allylic oxidation sites excluding steroid dienone is 4. The Balaban J connectivity index is 0.00000105. The fourth-order valence-electron chi connectivity index (χ4n) is 5.06. The molecule has 3 heteroatoms. The molecular formula is C24H23Cl2Zr. The summed E-state index contributed by atoms with van der Waals surface area (Å²) in [6.07, 6.45) is 9.73. The normalized spacial score (nSPS) is 21.0. The smallest absolute Gasteiger partial charge is 1.00 e. The summed E-state index contributed by atoms with van der Waals surface area (Å²) < 4.78 is 0.643. The van der Waals surface area contributed by atoms with E-state index in [9.17, 15) is 0 Å². The zero-order chi connectivity index (χ0) is 17.1. The van der Waals surface area contributed by atoms with Crippen LogP contribution in [0, 0.1) is 5.92 Å². The van der Waals surface area contributed by atoms with Crippen molar-refractivity contribution in [2.24, 2.45) is 5.92 Å². The molecule has 0 spiro atoms. The Hall–Kier alpha value is -0.617. The van der Waals surface area contributed by atoms with Crippen molar-refractivity contribution < 1.29 is 49.5 Å². The summed E-state index contributed by atoms with van der Waals surface area (Å²) >= 11 is 1.63. The van der Waals surface area contributed by atoms with Crippen molar-refractivity contribution in [1.82, 2.24) is 0 Å². The van der Waals surface area contributed by atoms with Crippen LogP contribution in [0.4, 0.5) is 0 Å². The van der Waals surface area contributed by atoms with Gasteiger partial charge in [-0.15, -0.1) is 0 Å². The molecule has 2 aromatic rings. The second-order valence-electron chi connectivity index (χ2n) is 7.53. The quantitative estimate of drug-likeness (QED) is 0.597. The summed E-state index contributed by atoms with van der Waals surface area (Å²) in [5, 5.41) is 0. The molecule has 0 bridgehead atoms. The van der Waals surface area contributed by atoms with E-state index in [1.54, 1.807) is 63.7 Å². The number of hydrogen-bond donors (Lipinski definition) is 0. The van der Waals surface area contributed by atoms with Crippen molar-refractivity contribution in [2.75, 3.05) is 0 Å². The second kappa shape index (κ2) is 8.02. The van der Waals surface area contributed by atoms with Crippen molar-refractivity contribution in [1.29, 1.82) is 0 Å². The fraction of sp³-hybridized carbons (Fsp3) is 0.333. The number of fused-ring (bicyclic) bond motifs is 5. The van der Waals surface area contributed by atoms with Crippen LogP contribution in [-0.2, 0) is 37.6 Å². The Labute approximate surface area is 190 Å². The number of hydrogen-bond acceptors (Lipinski definition) is 0. The molecule has 0 heterocycles. The molecule has 0 N–H and O–H groups in total. The molecule has 27 heavy (non-hydrogen) atoms. The largest absolute Gasteiger partial charge is 1.00 e. The van der Waals surface area contributed by atoms with Gasteiger partial charge >= 0.3 is 166 Å². The molecule has 2 aromatic carbocycles. The topological polar surface area (TPSA) is 0 Å². The van der Waals surface area contributed by atoms with Gasteiger partial charge < -0.3 is 24.8 Å². The molecular weight excluding hydrogens is 450 g/mol. The molecule has 0 amide bonds. The van der Waals surface area contributed by atoms with E-state index in [0.29, 0.717) is 9.54 Å². The first kappa shape index (κ1) is 21.1. The van der Waals surface area contributed by atoms with Crippen molar-refractivity contribution in [3.63, 3.8) is 0 Å². The summed E-state index contributed by atoms with van der Waals surface area (Å²) in [6.45, 7) is 4.63. The predicted octanol–water partition coefficient (Wildman–Crippen LogP) is 0.169. The van der Waals surface area contributed by atoms with E-state index in [4.69, 9.17) is 0 Å². The van der Waals surface area contributed by atoms with Gasteiger partial charge in [0.2, 0.25) is 0 Å². The fourth-order valence-corrected chi connectivity index (χ4v) is 6.49. The van der Waals surface area contributed by atoms with Gasteiger partial charge in [-0.3, -0.25) is 0 Å². The van der Waals surface area contributed by atoms with Gasteiger partial charge in [-0.2, -0.15) is 0 Å². The number of benzene rings is 2. The van der Waals surface area contributed by atoms with Crippen molar-refractivity contribution >= 4 is 5.57 Å². The van der Waals surface area contributed by atoms with Crippen LogP contribution < -0.4 is 24.8 Å².